The van der Waals surface area contributed by atoms with Gasteiger partial charge in [-0.1, -0.05) is 20.3 Å². The number of ether oxygens (including phenoxy) is 1. The Balaban J connectivity index is 2.24. The van der Waals surface area contributed by atoms with Gasteiger partial charge in [-0.15, -0.1) is 0 Å². The van der Waals surface area contributed by atoms with E-state index in [-0.39, 0.29) is 18.7 Å². The first kappa shape index (κ1) is 16.8. The van der Waals surface area contributed by atoms with Crippen molar-refractivity contribution >= 4 is 12.0 Å². The van der Waals surface area contributed by atoms with E-state index in [0.29, 0.717) is 18.9 Å². The zero-order valence-electron chi connectivity index (χ0n) is 12.4. The summed E-state index contributed by atoms with van der Waals surface area (Å²) in [4.78, 5) is 22.6. The van der Waals surface area contributed by atoms with Crippen molar-refractivity contribution in [3.63, 3.8) is 0 Å². The first-order chi connectivity index (χ1) is 9.58. The summed E-state index contributed by atoms with van der Waals surface area (Å²) >= 11 is 0. The van der Waals surface area contributed by atoms with Gasteiger partial charge in [0.15, 0.2) is 0 Å². The molecule has 3 unspecified atom stereocenters. The van der Waals surface area contributed by atoms with Crippen molar-refractivity contribution < 1.29 is 19.4 Å². The lowest BCUT2D eigenvalue weighted by Gasteiger charge is -2.18. The molecule has 1 saturated heterocycles. The van der Waals surface area contributed by atoms with Crippen LogP contribution in [0.3, 0.4) is 0 Å². The van der Waals surface area contributed by atoms with E-state index in [1.165, 1.54) is 0 Å². The van der Waals surface area contributed by atoms with Crippen LogP contribution >= 0.6 is 0 Å². The molecule has 0 bridgehead atoms. The number of carboxylic acids is 1. The Kier molecular flexibility index (Phi) is 7.36. The van der Waals surface area contributed by atoms with Crippen LogP contribution < -0.4 is 10.6 Å². The Morgan fingerprint density at radius 2 is 2.10 bits per heavy atom. The Morgan fingerprint density at radius 3 is 2.70 bits per heavy atom. The van der Waals surface area contributed by atoms with Crippen LogP contribution in [0.1, 0.15) is 39.5 Å². The van der Waals surface area contributed by atoms with Gasteiger partial charge in [-0.25, -0.2) is 4.79 Å². The lowest BCUT2D eigenvalue weighted by Crippen LogP contribution is -2.42. The van der Waals surface area contributed by atoms with Crippen molar-refractivity contribution in [1.29, 1.82) is 0 Å². The molecule has 0 aromatic rings. The molecule has 1 rings (SSSR count). The summed E-state index contributed by atoms with van der Waals surface area (Å²) in [6.45, 7) is 5.51. The van der Waals surface area contributed by atoms with Crippen LogP contribution in [-0.4, -0.2) is 42.9 Å². The van der Waals surface area contributed by atoms with E-state index in [1.807, 2.05) is 6.92 Å². The van der Waals surface area contributed by atoms with Crippen LogP contribution in [0.5, 0.6) is 0 Å². The van der Waals surface area contributed by atoms with Gasteiger partial charge in [0.05, 0.1) is 12.0 Å². The molecule has 6 nitrogen and oxygen atoms in total. The van der Waals surface area contributed by atoms with Crippen molar-refractivity contribution in [2.45, 2.75) is 45.6 Å². The maximum absolute atomic E-state index is 11.7. The van der Waals surface area contributed by atoms with Gasteiger partial charge in [-0.05, 0) is 19.3 Å². The second-order valence-corrected chi connectivity index (χ2v) is 5.28. The van der Waals surface area contributed by atoms with E-state index >= 15 is 0 Å². The summed E-state index contributed by atoms with van der Waals surface area (Å²) in [5, 5.41) is 14.4. The Bertz CT molecular complexity index is 322. The van der Waals surface area contributed by atoms with Crippen molar-refractivity contribution in [2.24, 2.45) is 11.8 Å². The molecule has 20 heavy (non-hydrogen) atoms. The minimum absolute atomic E-state index is 0.174. The molecule has 3 N–H and O–H groups in total. The molecule has 0 aliphatic carbocycles. The number of hydrogen-bond donors (Lipinski definition) is 3. The second kappa shape index (κ2) is 8.79. The molecular weight excluding hydrogens is 260 g/mol. The van der Waals surface area contributed by atoms with Gasteiger partial charge >= 0.3 is 12.0 Å². The highest BCUT2D eigenvalue weighted by Gasteiger charge is 2.27. The maximum atomic E-state index is 11.7. The van der Waals surface area contributed by atoms with Gasteiger partial charge in [0, 0.05) is 25.6 Å². The largest absolute Gasteiger partial charge is 0.481 e. The van der Waals surface area contributed by atoms with Crippen LogP contribution in [0, 0.1) is 11.8 Å². The standard InChI is InChI=1S/C14H26N2O4/c1-3-5-11(13(17)18)9-16-14(19)15-8-10-6-7-20-12(10)4-2/h10-12H,3-9H2,1-2H3,(H,17,18)(H2,15,16,19). The van der Waals surface area contributed by atoms with E-state index in [9.17, 15) is 9.59 Å². The third-order valence-corrected chi connectivity index (χ3v) is 3.77. The molecule has 116 valence electrons. The van der Waals surface area contributed by atoms with Crippen LogP contribution in [0.4, 0.5) is 4.79 Å². The van der Waals surface area contributed by atoms with E-state index < -0.39 is 11.9 Å². The van der Waals surface area contributed by atoms with Gasteiger partial charge in [-0.3, -0.25) is 4.79 Å². The molecule has 1 aliphatic heterocycles. The van der Waals surface area contributed by atoms with Crippen LogP contribution in [0.2, 0.25) is 0 Å². The molecule has 0 aromatic carbocycles. The normalized spacial score (nSPS) is 23.3. The quantitative estimate of drug-likeness (QED) is 0.632. The number of nitrogens with one attached hydrogen (secondary N) is 2. The number of rotatable bonds is 8. The summed E-state index contributed by atoms with van der Waals surface area (Å²) in [5.74, 6) is -1.01. The van der Waals surface area contributed by atoms with E-state index in [4.69, 9.17) is 9.84 Å². The minimum Gasteiger partial charge on any atom is -0.481 e. The molecular formula is C14H26N2O4. The number of hydrogen-bond acceptors (Lipinski definition) is 3. The third kappa shape index (κ3) is 5.36. The van der Waals surface area contributed by atoms with E-state index in [2.05, 4.69) is 17.6 Å². The molecule has 1 aliphatic rings. The smallest absolute Gasteiger partial charge is 0.314 e. The van der Waals surface area contributed by atoms with E-state index in [1.54, 1.807) is 0 Å². The minimum atomic E-state index is -0.859. The summed E-state index contributed by atoms with van der Waals surface area (Å²) < 4.78 is 5.56. The highest BCUT2D eigenvalue weighted by molar-refractivity contribution is 5.75. The predicted molar refractivity (Wildman–Crippen MR) is 75.6 cm³/mol. The zero-order valence-corrected chi connectivity index (χ0v) is 12.4. The van der Waals surface area contributed by atoms with Crippen molar-refractivity contribution in [3.8, 4) is 0 Å². The highest BCUT2D eigenvalue weighted by Crippen LogP contribution is 2.22. The Morgan fingerprint density at radius 1 is 1.35 bits per heavy atom. The molecule has 0 aromatic heterocycles. The summed E-state index contributed by atoms with van der Waals surface area (Å²) in [6.07, 6.45) is 3.50. The number of aliphatic carboxylic acids is 1. The lowest BCUT2D eigenvalue weighted by atomic mass is 10.00. The van der Waals surface area contributed by atoms with E-state index in [0.717, 1.165) is 25.9 Å². The fourth-order valence-electron chi connectivity index (χ4n) is 2.54. The van der Waals surface area contributed by atoms with Crippen molar-refractivity contribution in [1.82, 2.24) is 10.6 Å². The summed E-state index contributed by atoms with van der Waals surface area (Å²) in [5.41, 5.74) is 0. The Labute approximate surface area is 120 Å². The average Bonchev–Trinajstić information content (AvgIpc) is 2.88. The molecule has 0 spiro atoms. The Hall–Kier alpha value is -1.30. The van der Waals surface area contributed by atoms with Gasteiger partial charge in [0.25, 0.3) is 0 Å². The summed E-state index contributed by atoms with van der Waals surface area (Å²) in [7, 11) is 0. The number of carboxylic acid groups (broad SMARTS) is 1. The third-order valence-electron chi connectivity index (χ3n) is 3.77. The number of amides is 2. The fourth-order valence-corrected chi connectivity index (χ4v) is 2.54. The molecule has 2 amide bonds. The zero-order chi connectivity index (χ0) is 15.0. The first-order valence-electron chi connectivity index (χ1n) is 7.44. The number of urea groups is 1. The molecule has 3 atom stereocenters. The fraction of sp³-hybridized carbons (Fsp3) is 0.857. The van der Waals surface area contributed by atoms with Crippen LogP contribution in [-0.2, 0) is 9.53 Å². The summed E-state index contributed by atoms with van der Waals surface area (Å²) in [6, 6.07) is -0.297. The maximum Gasteiger partial charge on any atom is 0.314 e. The monoisotopic (exact) mass is 286 g/mol. The molecule has 0 radical (unpaired) electrons. The predicted octanol–water partition coefficient (Wildman–Crippen LogP) is 1.60. The van der Waals surface area contributed by atoms with Gasteiger partial charge < -0.3 is 20.5 Å². The SMILES string of the molecule is CCCC(CNC(=O)NCC1CCOC1CC)C(=O)O. The van der Waals surface area contributed by atoms with Crippen molar-refractivity contribution in [2.75, 3.05) is 19.7 Å². The lowest BCUT2D eigenvalue weighted by molar-refractivity contribution is -0.141. The van der Waals surface area contributed by atoms with Crippen LogP contribution in [0.15, 0.2) is 0 Å². The molecule has 0 saturated carbocycles. The topological polar surface area (TPSA) is 87.7 Å². The van der Waals surface area contributed by atoms with Crippen molar-refractivity contribution in [3.05, 3.63) is 0 Å². The molecule has 1 heterocycles. The average molecular weight is 286 g/mol. The highest BCUT2D eigenvalue weighted by atomic mass is 16.5. The van der Waals surface area contributed by atoms with Gasteiger partial charge in [0.1, 0.15) is 0 Å². The molecule has 1 fully saturated rings. The van der Waals surface area contributed by atoms with Gasteiger partial charge in [-0.2, -0.15) is 0 Å². The first-order valence-corrected chi connectivity index (χ1v) is 7.44. The second-order valence-electron chi connectivity index (χ2n) is 5.28. The number of carbonyl (C=O) groups is 2. The molecule has 6 heteroatoms. The van der Waals surface area contributed by atoms with Gasteiger partial charge in [0.2, 0.25) is 0 Å². The van der Waals surface area contributed by atoms with Crippen LogP contribution in [0.25, 0.3) is 0 Å². The number of carbonyl (C=O) groups excluding carboxylic acids is 1.